The highest BCUT2D eigenvalue weighted by molar-refractivity contribution is 9.10. The molecule has 0 aliphatic carbocycles. The Labute approximate surface area is 161 Å². The first-order valence-electron chi connectivity index (χ1n) is 8.25. The van der Waals surface area contributed by atoms with Crippen molar-refractivity contribution in [1.29, 1.82) is 0 Å². The first-order valence-corrected chi connectivity index (χ1v) is 9.05. The number of hydrogen-bond acceptors (Lipinski definition) is 4. The molecule has 2 rings (SSSR count). The van der Waals surface area contributed by atoms with E-state index in [9.17, 15) is 9.59 Å². The molecule has 0 radical (unpaired) electrons. The van der Waals surface area contributed by atoms with Gasteiger partial charge in [-0.2, -0.15) is 0 Å². The Morgan fingerprint density at radius 1 is 1.04 bits per heavy atom. The van der Waals surface area contributed by atoms with Gasteiger partial charge >= 0.3 is 5.97 Å². The van der Waals surface area contributed by atoms with Crippen molar-refractivity contribution in [3.63, 3.8) is 0 Å². The van der Waals surface area contributed by atoms with Crippen molar-refractivity contribution in [2.75, 3.05) is 13.2 Å². The van der Waals surface area contributed by atoms with Crippen molar-refractivity contribution >= 4 is 27.8 Å². The largest absolute Gasteiger partial charge is 0.482 e. The predicted molar refractivity (Wildman–Crippen MR) is 103 cm³/mol. The summed E-state index contributed by atoms with van der Waals surface area (Å²) in [4.78, 5) is 23.6. The van der Waals surface area contributed by atoms with Crippen LogP contribution < -0.4 is 10.1 Å². The summed E-state index contributed by atoms with van der Waals surface area (Å²) < 4.78 is 11.3. The van der Waals surface area contributed by atoms with Crippen LogP contribution in [0.3, 0.4) is 0 Å². The van der Waals surface area contributed by atoms with Crippen molar-refractivity contribution in [2.45, 2.75) is 26.8 Å². The third-order valence-electron chi connectivity index (χ3n) is 3.95. The summed E-state index contributed by atoms with van der Waals surface area (Å²) in [6.45, 7) is 5.26. The number of rotatable bonds is 7. The minimum atomic E-state index is -0.588. The number of benzene rings is 2. The molecular formula is C20H22BrNO4. The van der Waals surface area contributed by atoms with E-state index in [1.807, 2.05) is 57.2 Å². The second-order valence-corrected chi connectivity index (χ2v) is 6.95. The smallest absolute Gasteiger partial charge is 0.344 e. The van der Waals surface area contributed by atoms with Crippen molar-refractivity contribution in [3.05, 3.63) is 63.6 Å². The van der Waals surface area contributed by atoms with Crippen LogP contribution in [0.2, 0.25) is 0 Å². The maximum atomic E-state index is 11.9. The molecule has 0 aromatic heterocycles. The van der Waals surface area contributed by atoms with Gasteiger partial charge in [0.05, 0.1) is 6.04 Å². The number of nitrogens with one attached hydrogen (secondary N) is 1. The zero-order chi connectivity index (χ0) is 19.1. The molecule has 138 valence electrons. The number of halogens is 1. The van der Waals surface area contributed by atoms with Crippen LogP contribution in [0.1, 0.15) is 29.7 Å². The number of hydrogen-bond donors (Lipinski definition) is 1. The Kier molecular flexibility index (Phi) is 7.21. The van der Waals surface area contributed by atoms with Gasteiger partial charge in [0, 0.05) is 4.47 Å². The summed E-state index contributed by atoms with van der Waals surface area (Å²) in [5.41, 5.74) is 3.19. The normalized spacial score (nSPS) is 11.5. The quantitative estimate of drug-likeness (QED) is 0.691. The van der Waals surface area contributed by atoms with Gasteiger partial charge in [-0.25, -0.2) is 4.79 Å². The fourth-order valence-electron chi connectivity index (χ4n) is 2.25. The molecule has 0 aliphatic heterocycles. The van der Waals surface area contributed by atoms with E-state index in [1.165, 1.54) is 0 Å². The monoisotopic (exact) mass is 419 g/mol. The molecule has 5 nitrogen and oxygen atoms in total. The molecule has 2 aromatic carbocycles. The van der Waals surface area contributed by atoms with Crippen molar-refractivity contribution < 1.29 is 19.1 Å². The average Bonchev–Trinajstić information content (AvgIpc) is 2.61. The van der Waals surface area contributed by atoms with Crippen LogP contribution in [0.4, 0.5) is 0 Å². The SMILES string of the molecule is Cc1ccc(OCC(=O)OCC(=O)NC(C)c2ccc(Br)cc2)cc1C. The van der Waals surface area contributed by atoms with Crippen molar-refractivity contribution in [2.24, 2.45) is 0 Å². The highest BCUT2D eigenvalue weighted by atomic mass is 79.9. The number of aryl methyl sites for hydroxylation is 2. The molecule has 6 heteroatoms. The minimum Gasteiger partial charge on any atom is -0.482 e. The highest BCUT2D eigenvalue weighted by Crippen LogP contribution is 2.17. The van der Waals surface area contributed by atoms with Crippen LogP contribution in [-0.4, -0.2) is 25.1 Å². The Morgan fingerprint density at radius 3 is 2.38 bits per heavy atom. The van der Waals surface area contributed by atoms with Crippen LogP contribution in [-0.2, 0) is 14.3 Å². The highest BCUT2D eigenvalue weighted by Gasteiger charge is 2.12. The third-order valence-corrected chi connectivity index (χ3v) is 4.48. The third kappa shape index (κ3) is 6.19. The summed E-state index contributed by atoms with van der Waals surface area (Å²) in [6.07, 6.45) is 0. The molecule has 0 saturated heterocycles. The van der Waals surface area contributed by atoms with Crippen LogP contribution in [0.25, 0.3) is 0 Å². The molecule has 1 unspecified atom stereocenters. The fraction of sp³-hybridized carbons (Fsp3) is 0.300. The van der Waals surface area contributed by atoms with Gasteiger partial charge in [0.1, 0.15) is 5.75 Å². The van der Waals surface area contributed by atoms with Crippen molar-refractivity contribution in [1.82, 2.24) is 5.32 Å². The summed E-state index contributed by atoms with van der Waals surface area (Å²) in [7, 11) is 0. The van der Waals surface area contributed by atoms with E-state index in [0.29, 0.717) is 5.75 Å². The Bertz CT molecular complexity index is 774. The van der Waals surface area contributed by atoms with Crippen LogP contribution in [0, 0.1) is 13.8 Å². The second kappa shape index (κ2) is 9.38. The average molecular weight is 420 g/mol. The van der Waals surface area contributed by atoms with Gasteiger partial charge < -0.3 is 14.8 Å². The first-order chi connectivity index (χ1) is 12.3. The standard InChI is InChI=1S/C20H22BrNO4/c1-13-4-9-18(10-14(13)2)25-12-20(24)26-11-19(23)22-15(3)16-5-7-17(21)8-6-16/h4-10,15H,11-12H2,1-3H3,(H,22,23). The summed E-state index contributed by atoms with van der Waals surface area (Å²) in [6, 6.07) is 13.0. The van der Waals surface area contributed by atoms with Crippen LogP contribution in [0.15, 0.2) is 46.9 Å². The maximum absolute atomic E-state index is 11.9. The Morgan fingerprint density at radius 2 is 1.73 bits per heavy atom. The molecule has 26 heavy (non-hydrogen) atoms. The minimum absolute atomic E-state index is 0.180. The molecule has 1 amide bonds. The number of ether oxygens (including phenoxy) is 2. The molecular weight excluding hydrogens is 398 g/mol. The van der Waals surface area contributed by atoms with E-state index in [-0.39, 0.29) is 25.2 Å². The van der Waals surface area contributed by atoms with Gasteiger partial charge in [0.2, 0.25) is 0 Å². The molecule has 1 N–H and O–H groups in total. The zero-order valence-corrected chi connectivity index (χ0v) is 16.6. The number of carbonyl (C=O) groups excluding carboxylic acids is 2. The maximum Gasteiger partial charge on any atom is 0.344 e. The second-order valence-electron chi connectivity index (χ2n) is 6.04. The summed E-state index contributed by atoms with van der Waals surface area (Å²) in [5, 5.41) is 2.79. The van der Waals surface area contributed by atoms with Gasteiger partial charge in [-0.15, -0.1) is 0 Å². The Balaban J connectivity index is 1.73. The lowest BCUT2D eigenvalue weighted by Gasteiger charge is -2.14. The lowest BCUT2D eigenvalue weighted by atomic mass is 10.1. The van der Waals surface area contributed by atoms with Crippen LogP contribution >= 0.6 is 15.9 Å². The van der Waals surface area contributed by atoms with E-state index in [0.717, 1.165) is 21.2 Å². The van der Waals surface area contributed by atoms with E-state index in [2.05, 4.69) is 21.2 Å². The summed E-state index contributed by atoms with van der Waals surface area (Å²) in [5.74, 6) is -0.354. The lowest BCUT2D eigenvalue weighted by molar-refractivity contribution is -0.150. The number of amides is 1. The van der Waals surface area contributed by atoms with Gasteiger partial charge in [-0.3, -0.25) is 4.79 Å². The number of esters is 1. The molecule has 2 aromatic rings. The topological polar surface area (TPSA) is 64.6 Å². The van der Waals surface area contributed by atoms with Gasteiger partial charge in [-0.05, 0) is 61.7 Å². The van der Waals surface area contributed by atoms with E-state index < -0.39 is 5.97 Å². The van der Waals surface area contributed by atoms with E-state index >= 15 is 0 Å². The zero-order valence-electron chi connectivity index (χ0n) is 15.0. The lowest BCUT2D eigenvalue weighted by Crippen LogP contribution is -2.31. The van der Waals surface area contributed by atoms with E-state index in [1.54, 1.807) is 6.07 Å². The first kappa shape index (κ1) is 20.0. The molecule has 0 heterocycles. The van der Waals surface area contributed by atoms with Crippen molar-refractivity contribution in [3.8, 4) is 5.75 Å². The summed E-state index contributed by atoms with van der Waals surface area (Å²) >= 11 is 3.37. The van der Waals surface area contributed by atoms with Gasteiger partial charge in [0.15, 0.2) is 13.2 Å². The molecule has 0 spiro atoms. The predicted octanol–water partition coefficient (Wildman–Crippen LogP) is 3.87. The number of carbonyl (C=O) groups is 2. The van der Waals surface area contributed by atoms with Gasteiger partial charge in [0.25, 0.3) is 5.91 Å². The van der Waals surface area contributed by atoms with Gasteiger partial charge in [-0.1, -0.05) is 34.1 Å². The Hall–Kier alpha value is -2.34. The molecule has 0 saturated carbocycles. The molecule has 0 bridgehead atoms. The fourth-order valence-corrected chi connectivity index (χ4v) is 2.52. The molecule has 0 aliphatic rings. The van der Waals surface area contributed by atoms with E-state index in [4.69, 9.17) is 9.47 Å². The molecule has 1 atom stereocenters. The van der Waals surface area contributed by atoms with Crippen LogP contribution in [0.5, 0.6) is 5.75 Å². The molecule has 0 fully saturated rings.